The molecule has 7 heteroatoms. The average molecular weight is 314 g/mol. The predicted molar refractivity (Wildman–Crippen MR) is 71.1 cm³/mol. The first-order chi connectivity index (χ1) is 8.65. The van der Waals surface area contributed by atoms with E-state index in [4.69, 9.17) is 9.47 Å². The van der Waals surface area contributed by atoms with Crippen LogP contribution in [0.15, 0.2) is 18.2 Å². The van der Waals surface area contributed by atoms with Gasteiger partial charge in [-0.05, 0) is 26.8 Å². The molecule has 0 saturated heterocycles. The molecular weight excluding hydrogens is 295 g/mol. The molecule has 0 fully saturated rings. The molecule has 0 atom stereocenters. The fourth-order valence-corrected chi connectivity index (χ4v) is 1.56. The summed E-state index contributed by atoms with van der Waals surface area (Å²) >= 11 is 0. The minimum atomic E-state index is -5.06. The molecular formula is C13H19BF3KO2. The second kappa shape index (κ2) is 8.20. The minimum Gasteiger partial charge on any atom is -0.496 e. The van der Waals surface area contributed by atoms with Crippen LogP contribution >= 0.6 is 0 Å². The summed E-state index contributed by atoms with van der Waals surface area (Å²) < 4.78 is 49.2. The summed E-state index contributed by atoms with van der Waals surface area (Å²) in [6.45, 7) is 0.470. The Morgan fingerprint density at radius 1 is 1.20 bits per heavy atom. The summed E-state index contributed by atoms with van der Waals surface area (Å²) in [4.78, 5) is 0. The molecule has 0 spiro atoms. The van der Waals surface area contributed by atoms with Crippen molar-refractivity contribution < 1.29 is 73.8 Å². The molecule has 0 unspecified atom stereocenters. The standard InChI is InChI=1S/C13H19BF3O2.K/c1-10-5-6-12(11(9-10)14(15,16)17)19-8-7-13(2,3)18-4;/h5-6,9H,7-8H2,1-4H3;/q-1;+1. The Kier molecular flexibility index (Phi) is 8.39. The van der Waals surface area contributed by atoms with Crippen molar-refractivity contribution in [3.63, 3.8) is 0 Å². The van der Waals surface area contributed by atoms with Gasteiger partial charge in [-0.3, -0.25) is 0 Å². The van der Waals surface area contributed by atoms with E-state index in [2.05, 4.69) is 0 Å². The van der Waals surface area contributed by atoms with Gasteiger partial charge in [-0.2, -0.15) is 0 Å². The summed E-state index contributed by atoms with van der Waals surface area (Å²) in [5.74, 6) is -0.106. The molecule has 0 aliphatic heterocycles. The van der Waals surface area contributed by atoms with Gasteiger partial charge in [0.2, 0.25) is 0 Å². The van der Waals surface area contributed by atoms with Gasteiger partial charge in [-0.15, -0.1) is 0 Å². The van der Waals surface area contributed by atoms with Crippen molar-refractivity contribution in [2.24, 2.45) is 0 Å². The average Bonchev–Trinajstić information content (AvgIpc) is 2.29. The number of hydrogen-bond acceptors (Lipinski definition) is 2. The Balaban J connectivity index is 0.00000361. The molecule has 1 rings (SSSR count). The normalized spacial score (nSPS) is 11.9. The molecule has 1 aromatic rings. The molecule has 0 bridgehead atoms. The second-order valence-electron chi connectivity index (χ2n) is 5.18. The molecule has 108 valence electrons. The van der Waals surface area contributed by atoms with Crippen molar-refractivity contribution in [2.45, 2.75) is 32.8 Å². The smallest absolute Gasteiger partial charge is 0.496 e. The van der Waals surface area contributed by atoms with E-state index < -0.39 is 18.0 Å². The number of ether oxygens (including phenoxy) is 2. The number of benzene rings is 1. The van der Waals surface area contributed by atoms with Crippen LogP contribution in [0.2, 0.25) is 0 Å². The zero-order valence-corrected chi connectivity index (χ0v) is 15.8. The first kappa shape index (κ1) is 20.5. The van der Waals surface area contributed by atoms with E-state index >= 15 is 0 Å². The number of aryl methyl sites for hydroxylation is 1. The summed E-state index contributed by atoms with van der Waals surface area (Å²) in [5, 5.41) is 0. The van der Waals surface area contributed by atoms with Crippen LogP contribution in [0.5, 0.6) is 5.75 Å². The first-order valence-electron chi connectivity index (χ1n) is 6.14. The van der Waals surface area contributed by atoms with Gasteiger partial charge in [-0.1, -0.05) is 23.2 Å². The van der Waals surface area contributed by atoms with E-state index in [0.29, 0.717) is 12.0 Å². The van der Waals surface area contributed by atoms with E-state index in [1.54, 1.807) is 20.1 Å². The van der Waals surface area contributed by atoms with Gasteiger partial charge in [0, 0.05) is 13.5 Å². The molecule has 0 aromatic heterocycles. The van der Waals surface area contributed by atoms with Crippen LogP contribution < -0.4 is 61.6 Å². The van der Waals surface area contributed by atoms with Gasteiger partial charge in [0.15, 0.2) is 0 Å². The monoisotopic (exact) mass is 314 g/mol. The number of rotatable bonds is 6. The maximum atomic E-state index is 12.9. The van der Waals surface area contributed by atoms with Gasteiger partial charge >= 0.3 is 58.4 Å². The van der Waals surface area contributed by atoms with Crippen molar-refractivity contribution in [1.82, 2.24) is 0 Å². The molecule has 1 aromatic carbocycles. The van der Waals surface area contributed by atoms with Crippen molar-refractivity contribution in [3.8, 4) is 5.75 Å². The fraction of sp³-hybridized carbons (Fsp3) is 0.538. The van der Waals surface area contributed by atoms with Crippen molar-refractivity contribution >= 4 is 12.4 Å². The molecule has 0 amide bonds. The summed E-state index contributed by atoms with van der Waals surface area (Å²) in [5.41, 5.74) is -0.511. The molecule has 0 aliphatic rings. The Morgan fingerprint density at radius 2 is 1.80 bits per heavy atom. The Bertz CT molecular complexity index is 436. The van der Waals surface area contributed by atoms with Crippen molar-refractivity contribution in [1.29, 1.82) is 0 Å². The molecule has 20 heavy (non-hydrogen) atoms. The number of methoxy groups -OCH3 is 1. The van der Waals surface area contributed by atoms with E-state index in [1.165, 1.54) is 6.07 Å². The molecule has 0 N–H and O–H groups in total. The van der Waals surface area contributed by atoms with Crippen LogP contribution in [-0.4, -0.2) is 26.3 Å². The third-order valence-electron chi connectivity index (χ3n) is 3.03. The van der Waals surface area contributed by atoms with E-state index in [1.807, 2.05) is 13.8 Å². The zero-order valence-electron chi connectivity index (χ0n) is 12.7. The van der Waals surface area contributed by atoms with E-state index in [9.17, 15) is 12.9 Å². The van der Waals surface area contributed by atoms with E-state index in [0.717, 1.165) is 6.07 Å². The minimum absolute atomic E-state index is 0. The fourth-order valence-electron chi connectivity index (χ4n) is 1.56. The maximum absolute atomic E-state index is 12.9. The van der Waals surface area contributed by atoms with Gasteiger partial charge in [0.05, 0.1) is 18.0 Å². The zero-order chi connectivity index (χ0) is 14.7. The SMILES string of the molecule is COC(C)(C)CCOc1ccc(C)cc1[B-](F)(F)F.[K+]. The Labute approximate surface area is 160 Å². The Morgan fingerprint density at radius 3 is 2.30 bits per heavy atom. The van der Waals surface area contributed by atoms with Crippen LogP contribution in [0.3, 0.4) is 0 Å². The molecule has 0 heterocycles. The van der Waals surface area contributed by atoms with Crippen LogP contribution in [0, 0.1) is 6.92 Å². The van der Waals surface area contributed by atoms with Crippen LogP contribution in [0.1, 0.15) is 25.8 Å². The molecule has 0 aliphatic carbocycles. The molecule has 0 saturated carbocycles. The maximum Gasteiger partial charge on any atom is 1.00 e. The van der Waals surface area contributed by atoms with Gasteiger partial charge in [-0.25, -0.2) is 0 Å². The third-order valence-corrected chi connectivity index (χ3v) is 3.03. The van der Waals surface area contributed by atoms with Gasteiger partial charge in [0.25, 0.3) is 0 Å². The quantitative estimate of drug-likeness (QED) is 0.701. The molecule has 2 nitrogen and oxygen atoms in total. The third kappa shape index (κ3) is 6.49. The number of hydrogen-bond donors (Lipinski definition) is 0. The topological polar surface area (TPSA) is 18.5 Å². The summed E-state index contributed by atoms with van der Waals surface area (Å²) in [7, 11) is 1.57. The van der Waals surface area contributed by atoms with Crippen LogP contribution in [0.4, 0.5) is 12.9 Å². The Hall–Kier alpha value is 0.471. The van der Waals surface area contributed by atoms with Crippen molar-refractivity contribution in [3.05, 3.63) is 23.8 Å². The van der Waals surface area contributed by atoms with Gasteiger partial charge < -0.3 is 22.4 Å². The molecule has 0 radical (unpaired) electrons. The second-order valence-corrected chi connectivity index (χ2v) is 5.18. The summed E-state index contributed by atoms with van der Waals surface area (Å²) in [6.07, 6.45) is 0.516. The predicted octanol–water partition coefficient (Wildman–Crippen LogP) is 0.247. The first-order valence-corrected chi connectivity index (χ1v) is 6.14. The summed E-state index contributed by atoms with van der Waals surface area (Å²) in [6, 6.07) is 4.11. The van der Waals surface area contributed by atoms with Crippen LogP contribution in [-0.2, 0) is 4.74 Å². The van der Waals surface area contributed by atoms with Crippen LogP contribution in [0.25, 0.3) is 0 Å². The van der Waals surface area contributed by atoms with Crippen molar-refractivity contribution in [2.75, 3.05) is 13.7 Å². The van der Waals surface area contributed by atoms with Gasteiger partial charge in [0.1, 0.15) is 0 Å². The number of halogens is 3. The van der Waals surface area contributed by atoms with E-state index in [-0.39, 0.29) is 63.7 Å². The largest absolute Gasteiger partial charge is 1.00 e.